The van der Waals surface area contributed by atoms with E-state index in [2.05, 4.69) is 24.0 Å². The molecule has 1 amide bonds. The molecule has 0 saturated carbocycles. The third kappa shape index (κ3) is 3.65. The third-order valence-electron chi connectivity index (χ3n) is 5.09. The molecule has 27 heavy (non-hydrogen) atoms. The van der Waals surface area contributed by atoms with E-state index in [1.165, 1.54) is 10.4 Å². The molecule has 2 heterocycles. The molecule has 1 aliphatic rings. The lowest BCUT2D eigenvalue weighted by Crippen LogP contribution is -2.38. The van der Waals surface area contributed by atoms with Crippen LogP contribution in [-0.2, 0) is 17.6 Å². The van der Waals surface area contributed by atoms with Crippen LogP contribution < -0.4 is 4.90 Å². The van der Waals surface area contributed by atoms with Gasteiger partial charge in [0.15, 0.2) is 0 Å². The number of aryl methyl sites for hydroxylation is 2. The number of hydrogen-bond donors (Lipinski definition) is 0. The number of fused-ring (bicyclic) bond motifs is 1. The van der Waals surface area contributed by atoms with Crippen molar-refractivity contribution in [3.63, 3.8) is 0 Å². The number of benzene rings is 1. The predicted molar refractivity (Wildman–Crippen MR) is 110 cm³/mol. The monoisotopic (exact) mass is 377 g/mol. The van der Waals surface area contributed by atoms with E-state index < -0.39 is 0 Å². The first kappa shape index (κ1) is 17.9. The zero-order chi connectivity index (χ0) is 18.8. The second-order valence-electron chi connectivity index (χ2n) is 6.99. The van der Waals surface area contributed by atoms with Crippen LogP contribution in [0, 0.1) is 12.8 Å². The van der Waals surface area contributed by atoms with Gasteiger partial charge in [0.2, 0.25) is 5.91 Å². The van der Waals surface area contributed by atoms with Crippen molar-refractivity contribution in [1.82, 2.24) is 9.97 Å². The maximum Gasteiger partial charge on any atom is 0.230 e. The van der Waals surface area contributed by atoms with Gasteiger partial charge in [0.1, 0.15) is 5.01 Å². The first-order valence-electron chi connectivity index (χ1n) is 9.42. The number of carbonyl (C=O) groups excluding carboxylic acids is 1. The van der Waals surface area contributed by atoms with Crippen LogP contribution in [0.2, 0.25) is 0 Å². The third-order valence-corrected chi connectivity index (χ3v) is 6.26. The van der Waals surface area contributed by atoms with Crippen molar-refractivity contribution in [3.05, 3.63) is 64.9 Å². The summed E-state index contributed by atoms with van der Waals surface area (Å²) in [5, 5.41) is 1.01. The minimum Gasteiger partial charge on any atom is -0.312 e. The predicted octanol–water partition coefficient (Wildman–Crippen LogP) is 4.67. The molecular weight excluding hydrogens is 354 g/mol. The molecule has 0 fully saturated rings. The van der Waals surface area contributed by atoms with Gasteiger partial charge in [0.05, 0.1) is 5.69 Å². The Labute approximate surface area is 163 Å². The fraction of sp³-hybridized carbons (Fsp3) is 0.318. The van der Waals surface area contributed by atoms with Crippen molar-refractivity contribution in [1.29, 1.82) is 0 Å². The van der Waals surface area contributed by atoms with Gasteiger partial charge in [-0.05, 0) is 62.9 Å². The summed E-state index contributed by atoms with van der Waals surface area (Å²) in [7, 11) is 0. The Morgan fingerprint density at radius 1 is 1.30 bits per heavy atom. The number of carbonyl (C=O) groups is 1. The highest BCUT2D eigenvalue weighted by Crippen LogP contribution is 2.35. The highest BCUT2D eigenvalue weighted by atomic mass is 32.1. The zero-order valence-electron chi connectivity index (χ0n) is 15.7. The van der Waals surface area contributed by atoms with Crippen LogP contribution in [0.5, 0.6) is 0 Å². The van der Waals surface area contributed by atoms with Crippen LogP contribution in [0.3, 0.4) is 0 Å². The Balaban J connectivity index is 1.55. The first-order valence-corrected chi connectivity index (χ1v) is 10.2. The van der Waals surface area contributed by atoms with Crippen molar-refractivity contribution in [2.75, 3.05) is 11.4 Å². The van der Waals surface area contributed by atoms with E-state index >= 15 is 0 Å². The van der Waals surface area contributed by atoms with Gasteiger partial charge >= 0.3 is 0 Å². The number of amides is 1. The maximum atomic E-state index is 13.2. The van der Waals surface area contributed by atoms with Gasteiger partial charge in [-0.2, -0.15) is 0 Å². The van der Waals surface area contributed by atoms with Crippen LogP contribution in [0.15, 0.2) is 48.8 Å². The Hall–Kier alpha value is -2.53. The summed E-state index contributed by atoms with van der Waals surface area (Å²) in [6.07, 6.45) is 6.15. The van der Waals surface area contributed by atoms with Gasteiger partial charge in [-0.3, -0.25) is 9.78 Å². The summed E-state index contributed by atoms with van der Waals surface area (Å²) in [4.78, 5) is 25.4. The summed E-state index contributed by atoms with van der Waals surface area (Å²) in [6.45, 7) is 4.79. The van der Waals surface area contributed by atoms with Gasteiger partial charge in [-0.1, -0.05) is 12.1 Å². The second kappa shape index (κ2) is 7.61. The maximum absolute atomic E-state index is 13.2. The molecule has 3 aromatic rings. The molecule has 4 nitrogen and oxygen atoms in total. The van der Waals surface area contributed by atoms with E-state index in [9.17, 15) is 4.79 Å². The van der Waals surface area contributed by atoms with Crippen LogP contribution >= 0.6 is 11.3 Å². The van der Waals surface area contributed by atoms with Crippen molar-refractivity contribution < 1.29 is 4.79 Å². The van der Waals surface area contributed by atoms with Crippen molar-refractivity contribution in [3.8, 4) is 10.6 Å². The quantitative estimate of drug-likeness (QED) is 0.664. The zero-order valence-corrected chi connectivity index (χ0v) is 16.5. The van der Waals surface area contributed by atoms with E-state index in [4.69, 9.17) is 4.98 Å². The number of rotatable bonds is 4. The lowest BCUT2D eigenvalue weighted by atomic mass is 9.89. The van der Waals surface area contributed by atoms with Crippen LogP contribution in [0.1, 0.15) is 29.5 Å². The number of hydrogen-bond acceptors (Lipinski definition) is 4. The van der Waals surface area contributed by atoms with E-state index in [1.807, 2.05) is 42.3 Å². The molecule has 1 unspecified atom stereocenters. The number of pyridine rings is 1. The SMILES string of the molecule is CCN(C(=O)C1CCc2nc(-c3cccnc3)sc2C1)c1cccc(C)c1. The minimum atomic E-state index is 0.0279. The van der Waals surface area contributed by atoms with Gasteiger partial charge in [-0.25, -0.2) is 4.98 Å². The highest BCUT2D eigenvalue weighted by molar-refractivity contribution is 7.15. The lowest BCUT2D eigenvalue weighted by molar-refractivity contribution is -0.122. The number of thiazole rings is 1. The van der Waals surface area contributed by atoms with Gasteiger partial charge < -0.3 is 4.90 Å². The topological polar surface area (TPSA) is 46.1 Å². The van der Waals surface area contributed by atoms with Gasteiger partial charge in [0, 0.05) is 41.0 Å². The molecule has 2 aromatic heterocycles. The fourth-order valence-corrected chi connectivity index (χ4v) is 4.86. The van der Waals surface area contributed by atoms with Crippen molar-refractivity contribution in [2.24, 2.45) is 5.92 Å². The average Bonchev–Trinajstić information content (AvgIpc) is 3.12. The van der Waals surface area contributed by atoms with E-state index in [1.54, 1.807) is 17.5 Å². The molecule has 1 atom stereocenters. The molecular formula is C22H23N3OS. The second-order valence-corrected chi connectivity index (χ2v) is 8.08. The highest BCUT2D eigenvalue weighted by Gasteiger charge is 2.30. The largest absolute Gasteiger partial charge is 0.312 e. The molecule has 1 aliphatic carbocycles. The minimum absolute atomic E-state index is 0.0279. The Kier molecular flexibility index (Phi) is 5.03. The average molecular weight is 378 g/mol. The number of anilines is 1. The van der Waals surface area contributed by atoms with E-state index in [0.717, 1.165) is 41.2 Å². The molecule has 138 valence electrons. The van der Waals surface area contributed by atoms with Crippen molar-refractivity contribution >= 4 is 22.9 Å². The molecule has 0 N–H and O–H groups in total. The van der Waals surface area contributed by atoms with E-state index in [-0.39, 0.29) is 11.8 Å². The van der Waals surface area contributed by atoms with Gasteiger partial charge in [-0.15, -0.1) is 11.3 Å². The summed E-state index contributed by atoms with van der Waals surface area (Å²) in [5.74, 6) is 0.255. The molecule has 5 heteroatoms. The summed E-state index contributed by atoms with van der Waals surface area (Å²) in [6, 6.07) is 12.2. The van der Waals surface area contributed by atoms with Crippen LogP contribution in [0.4, 0.5) is 5.69 Å². The molecule has 4 rings (SSSR count). The molecule has 0 saturated heterocycles. The smallest absolute Gasteiger partial charge is 0.230 e. The Bertz CT molecular complexity index is 951. The van der Waals surface area contributed by atoms with Crippen molar-refractivity contribution in [2.45, 2.75) is 33.1 Å². The summed E-state index contributed by atoms with van der Waals surface area (Å²) < 4.78 is 0. The normalized spacial score (nSPS) is 16.0. The number of nitrogens with zero attached hydrogens (tertiary/aromatic N) is 3. The molecule has 1 aromatic carbocycles. The first-order chi connectivity index (χ1) is 13.2. The lowest BCUT2D eigenvalue weighted by Gasteiger charge is -2.28. The van der Waals surface area contributed by atoms with Crippen LogP contribution in [-0.4, -0.2) is 22.4 Å². The number of aromatic nitrogens is 2. The van der Waals surface area contributed by atoms with Gasteiger partial charge in [0.25, 0.3) is 0 Å². The molecule has 0 spiro atoms. The fourth-order valence-electron chi connectivity index (χ4n) is 3.68. The molecule has 0 aliphatic heterocycles. The molecule has 0 radical (unpaired) electrons. The van der Waals surface area contributed by atoms with Crippen LogP contribution in [0.25, 0.3) is 10.6 Å². The van der Waals surface area contributed by atoms with E-state index in [0.29, 0.717) is 6.54 Å². The standard InChI is InChI=1S/C22H23N3OS/c1-3-25(18-8-4-6-15(2)12-18)22(26)16-9-10-19-20(13-16)27-21(24-19)17-7-5-11-23-14-17/h4-8,11-12,14,16H,3,9-10,13H2,1-2H3. The summed E-state index contributed by atoms with van der Waals surface area (Å²) >= 11 is 1.71. The Morgan fingerprint density at radius 3 is 2.93 bits per heavy atom. The summed E-state index contributed by atoms with van der Waals surface area (Å²) in [5.41, 5.74) is 4.37. The Morgan fingerprint density at radius 2 is 2.19 bits per heavy atom. The molecule has 0 bridgehead atoms.